The molecule has 14 nitrogen and oxygen atoms in total. The molecule has 0 spiro atoms. The Hall–Kier alpha value is -10.4. The molecule has 7 aliphatic rings. The largest absolute Gasteiger partial charge is 0.459 e. The molecular weight excluding hydrogens is 1150 g/mol. The van der Waals surface area contributed by atoms with Crippen molar-refractivity contribution in [1.82, 2.24) is 0 Å². The number of hydrogen-bond acceptors (Lipinski definition) is 16. The molecular formula is C72H48O14S2. The normalized spacial score (nSPS) is 19.9. The minimum Gasteiger partial charge on any atom is -0.459 e. The first-order valence-electron chi connectivity index (χ1n) is 28.4. The van der Waals surface area contributed by atoms with E-state index in [-0.39, 0.29) is 77.1 Å². The Morgan fingerprint density at radius 2 is 0.852 bits per heavy atom. The third-order valence-corrected chi connectivity index (χ3v) is 18.6. The highest BCUT2D eigenvalue weighted by Crippen LogP contribution is 2.56. The Morgan fingerprint density at radius 3 is 1.24 bits per heavy atom. The van der Waals surface area contributed by atoms with Gasteiger partial charge in [0, 0.05) is 70.3 Å². The predicted octanol–water partition coefficient (Wildman–Crippen LogP) is 12.2. The van der Waals surface area contributed by atoms with Gasteiger partial charge in [0.05, 0.1) is 17.1 Å². The van der Waals surface area contributed by atoms with Crippen molar-refractivity contribution in [3.63, 3.8) is 0 Å². The lowest BCUT2D eigenvalue weighted by molar-refractivity contribution is -0.191. The second-order valence-corrected chi connectivity index (χ2v) is 24.0. The molecule has 3 atom stereocenters. The van der Waals surface area contributed by atoms with Crippen LogP contribution in [0, 0.1) is 17.8 Å². The SMILES string of the molecule is O=C1C2=CC=CCC2C(=O)/C1=C\c1cc2c(s1)C1=CC3C=C4OC(C(=O)OCc5ccccc5)(C(=O)OCc5ccccc5)c5cc(C=C6C(=O)c7ccccc7C6=O)sc5C4=CC3C=C1OC2(C(=O)OCc1ccccc1)C(=O)OCc1ccccc1. The van der Waals surface area contributed by atoms with Gasteiger partial charge in [-0.3, -0.25) is 19.2 Å². The first-order valence-corrected chi connectivity index (χ1v) is 30.0. The van der Waals surface area contributed by atoms with E-state index in [4.69, 9.17) is 28.4 Å². The average Bonchev–Trinajstić information content (AvgIpc) is 1.35. The van der Waals surface area contributed by atoms with E-state index < -0.39 is 70.2 Å². The van der Waals surface area contributed by atoms with Crippen LogP contribution in [0.25, 0.3) is 23.3 Å². The summed E-state index contributed by atoms with van der Waals surface area (Å²) in [5.41, 5.74) is -1.10. The average molecular weight is 1200 g/mol. The number of esters is 4. The van der Waals surface area contributed by atoms with Crippen LogP contribution in [0.4, 0.5) is 0 Å². The molecule has 1 saturated carbocycles. The maximum absolute atomic E-state index is 15.3. The Balaban J connectivity index is 0.919. The second kappa shape index (κ2) is 22.5. The van der Waals surface area contributed by atoms with Crippen LogP contribution in [0.15, 0.2) is 228 Å². The van der Waals surface area contributed by atoms with Crippen LogP contribution in [0.3, 0.4) is 0 Å². The summed E-state index contributed by atoms with van der Waals surface area (Å²) in [6.07, 6.45) is 15.8. The third-order valence-electron chi connectivity index (χ3n) is 16.4. The molecule has 0 saturated heterocycles. The summed E-state index contributed by atoms with van der Waals surface area (Å²) in [5, 5.41) is 0. The van der Waals surface area contributed by atoms with Crippen molar-refractivity contribution in [2.24, 2.45) is 17.8 Å². The van der Waals surface area contributed by atoms with Crippen LogP contribution in [-0.2, 0) is 94.8 Å². The molecule has 2 aliphatic heterocycles. The van der Waals surface area contributed by atoms with E-state index in [9.17, 15) is 19.2 Å². The molecule has 0 radical (unpaired) electrons. The predicted molar refractivity (Wildman–Crippen MR) is 325 cm³/mol. The number of Topliss-reactive ketones (excluding diaryl/α,β-unsaturated/α-hetero) is 4. The van der Waals surface area contributed by atoms with Gasteiger partial charge in [0.2, 0.25) is 0 Å². The van der Waals surface area contributed by atoms with Crippen molar-refractivity contribution in [2.75, 3.05) is 0 Å². The fourth-order valence-electron chi connectivity index (χ4n) is 12.0. The molecule has 2 aromatic heterocycles. The van der Waals surface area contributed by atoms with Gasteiger partial charge in [0.25, 0.3) is 0 Å². The molecule has 88 heavy (non-hydrogen) atoms. The summed E-state index contributed by atoms with van der Waals surface area (Å²) in [4.78, 5) is 118. The van der Waals surface area contributed by atoms with Crippen LogP contribution in [0.5, 0.6) is 0 Å². The Kier molecular flexibility index (Phi) is 14.1. The van der Waals surface area contributed by atoms with Crippen molar-refractivity contribution in [3.05, 3.63) is 293 Å². The Bertz CT molecular complexity index is 4270. The second-order valence-electron chi connectivity index (χ2n) is 21.8. The maximum atomic E-state index is 15.3. The molecule has 7 aromatic rings. The Morgan fingerprint density at radius 1 is 0.477 bits per heavy atom. The van der Waals surface area contributed by atoms with Gasteiger partial charge >= 0.3 is 35.1 Å². The summed E-state index contributed by atoms with van der Waals surface area (Å²) in [6.45, 7) is -0.987. The van der Waals surface area contributed by atoms with Crippen molar-refractivity contribution >= 4 is 93.0 Å². The van der Waals surface area contributed by atoms with Gasteiger partial charge in [-0.2, -0.15) is 0 Å². The fraction of sp³-hybridized carbons (Fsp3) is 0.139. The first-order chi connectivity index (χ1) is 42.9. The van der Waals surface area contributed by atoms with Crippen LogP contribution in [0.1, 0.15) is 80.0 Å². The molecule has 0 bridgehead atoms. The smallest absolute Gasteiger partial charge is 0.367 e. The van der Waals surface area contributed by atoms with Gasteiger partial charge in [-0.1, -0.05) is 176 Å². The van der Waals surface area contributed by atoms with Gasteiger partial charge in [0.15, 0.2) is 23.1 Å². The van der Waals surface area contributed by atoms with Gasteiger partial charge in [-0.25, -0.2) is 19.2 Å². The van der Waals surface area contributed by atoms with Crippen molar-refractivity contribution in [3.8, 4) is 0 Å². The van der Waals surface area contributed by atoms with E-state index in [2.05, 4.69) is 0 Å². The topological polar surface area (TPSA) is 192 Å². The van der Waals surface area contributed by atoms with Crippen molar-refractivity contribution in [2.45, 2.75) is 44.1 Å². The number of thiophene rings is 2. The highest BCUT2D eigenvalue weighted by atomic mass is 32.1. The molecule has 432 valence electrons. The summed E-state index contributed by atoms with van der Waals surface area (Å²) in [6, 6.07) is 45.3. The van der Waals surface area contributed by atoms with E-state index in [1.54, 1.807) is 152 Å². The van der Waals surface area contributed by atoms with E-state index in [1.807, 2.05) is 42.5 Å². The van der Waals surface area contributed by atoms with Crippen molar-refractivity contribution < 1.29 is 66.8 Å². The highest BCUT2D eigenvalue weighted by molar-refractivity contribution is 7.14. The number of rotatable bonds is 14. The van der Waals surface area contributed by atoms with E-state index >= 15 is 19.2 Å². The van der Waals surface area contributed by atoms with Crippen LogP contribution in [-0.4, -0.2) is 47.0 Å². The number of carbonyl (C=O) groups excluding carboxylic acids is 8. The quantitative estimate of drug-likeness (QED) is 0.0328. The monoisotopic (exact) mass is 1200 g/mol. The van der Waals surface area contributed by atoms with Crippen LogP contribution >= 0.6 is 22.7 Å². The standard InChI is InChI=1S/C72H48O14S2/c73-61-49-25-13-14-26-50(49)62(74)55(61)33-47-35-57-65(87-47)53-29-46-32-60-54(30-45(46)31-59(53)85-71(57,67(77)81-37-41-17-5-1-6-18-41)68(78)82-38-42-19-7-2-8-20-42)66-58(36-48(88-66)34-56-63(75)51-27-15-16-28-52(51)64(56)76)72(86-60,69(79)83-39-43-21-9-3-10-22-43)70(80)84-40-44-23-11-4-12-24-44/h1-27,29-36,45-46,52H,28,37-40H2/b56-34-. The van der Waals surface area contributed by atoms with Gasteiger partial charge < -0.3 is 28.4 Å². The lowest BCUT2D eigenvalue weighted by atomic mass is 9.75. The fourth-order valence-corrected chi connectivity index (χ4v) is 14.3. The minimum atomic E-state index is -2.62. The molecule has 4 heterocycles. The minimum absolute atomic E-state index is 0.0311. The zero-order valence-corrected chi connectivity index (χ0v) is 48.1. The number of benzene rings is 5. The van der Waals surface area contributed by atoms with Crippen LogP contribution < -0.4 is 0 Å². The number of carbonyl (C=O) groups is 8. The Labute approximate surface area is 511 Å². The van der Waals surface area contributed by atoms with E-state index in [1.165, 1.54) is 18.2 Å². The molecule has 14 rings (SSSR count). The summed E-state index contributed by atoms with van der Waals surface area (Å²) in [5.74, 6) is -7.84. The molecule has 0 N–H and O–H groups in total. The summed E-state index contributed by atoms with van der Waals surface area (Å²) < 4.78 is 38.1. The molecule has 5 aromatic carbocycles. The third kappa shape index (κ3) is 9.57. The van der Waals surface area contributed by atoms with Gasteiger partial charge in [0.1, 0.15) is 37.9 Å². The van der Waals surface area contributed by atoms with Crippen LogP contribution in [0.2, 0.25) is 0 Å². The zero-order valence-electron chi connectivity index (χ0n) is 46.5. The molecule has 3 unspecified atom stereocenters. The number of ether oxygens (including phenoxy) is 6. The molecule has 16 heteroatoms. The highest BCUT2D eigenvalue weighted by Gasteiger charge is 2.62. The van der Waals surface area contributed by atoms with Crippen molar-refractivity contribution in [1.29, 1.82) is 0 Å². The number of allylic oxidation sites excluding steroid dienone is 12. The first kappa shape index (κ1) is 55.5. The van der Waals surface area contributed by atoms with E-state index in [0.717, 1.165) is 22.7 Å². The zero-order chi connectivity index (χ0) is 60.3. The number of ketones is 4. The number of hydrogen-bond donors (Lipinski definition) is 0. The van der Waals surface area contributed by atoms with Gasteiger partial charge in [-0.15, -0.1) is 22.7 Å². The number of fused-ring (bicyclic) bond motifs is 9. The van der Waals surface area contributed by atoms with Gasteiger partial charge in [-0.05, 0) is 65.1 Å². The summed E-state index contributed by atoms with van der Waals surface area (Å²) >= 11 is 2.24. The summed E-state index contributed by atoms with van der Waals surface area (Å²) in [7, 11) is 0. The molecule has 0 amide bonds. The maximum Gasteiger partial charge on any atom is 0.367 e. The lowest BCUT2D eigenvalue weighted by Gasteiger charge is -2.41. The molecule has 1 fully saturated rings. The molecule has 5 aliphatic carbocycles. The van der Waals surface area contributed by atoms with E-state index in [0.29, 0.717) is 64.9 Å². The lowest BCUT2D eigenvalue weighted by Crippen LogP contribution is -2.51.